The predicted octanol–water partition coefficient (Wildman–Crippen LogP) is 3.32. The highest BCUT2D eigenvalue weighted by atomic mass is 16.5. The smallest absolute Gasteiger partial charge is 0.337 e. The number of esters is 1. The highest BCUT2D eigenvalue weighted by Gasteiger charge is 2.09. The maximum Gasteiger partial charge on any atom is 0.337 e. The van der Waals surface area contributed by atoms with Crippen LogP contribution in [-0.4, -0.2) is 29.7 Å². The third-order valence-electron chi connectivity index (χ3n) is 4.07. The van der Waals surface area contributed by atoms with Crippen molar-refractivity contribution >= 4 is 5.97 Å². The van der Waals surface area contributed by atoms with Crippen molar-refractivity contribution in [3.63, 3.8) is 0 Å². The second-order valence-corrected chi connectivity index (χ2v) is 5.65. The molecular weight excluding hydrogens is 316 g/mol. The van der Waals surface area contributed by atoms with E-state index >= 15 is 0 Å². The molecule has 0 fully saturated rings. The first kappa shape index (κ1) is 16.8. The molecular formula is C20H20N2O3. The highest BCUT2D eigenvalue weighted by molar-refractivity contribution is 5.89. The van der Waals surface area contributed by atoms with Crippen LogP contribution in [0.4, 0.5) is 0 Å². The molecule has 0 atom stereocenters. The average molecular weight is 336 g/mol. The first-order chi connectivity index (χ1) is 12.2. The van der Waals surface area contributed by atoms with Crippen LogP contribution in [0.3, 0.4) is 0 Å². The Kier molecular flexibility index (Phi) is 5.14. The molecule has 0 spiro atoms. The van der Waals surface area contributed by atoms with E-state index in [9.17, 15) is 4.79 Å². The van der Waals surface area contributed by atoms with Gasteiger partial charge in [-0.05, 0) is 23.8 Å². The molecule has 3 aromatic rings. The zero-order valence-corrected chi connectivity index (χ0v) is 14.3. The number of hydrogen-bond donors (Lipinski definition) is 0. The first-order valence-corrected chi connectivity index (χ1v) is 8.00. The van der Waals surface area contributed by atoms with Gasteiger partial charge in [0.2, 0.25) is 0 Å². The van der Waals surface area contributed by atoms with Crippen LogP contribution in [0.5, 0.6) is 5.75 Å². The Morgan fingerprint density at radius 2 is 1.84 bits per heavy atom. The van der Waals surface area contributed by atoms with Gasteiger partial charge in [0.1, 0.15) is 11.6 Å². The minimum Gasteiger partial charge on any atom is -0.496 e. The number of ether oxygens (including phenoxy) is 2. The number of imidazole rings is 1. The molecule has 5 heteroatoms. The minimum absolute atomic E-state index is 0.328. The van der Waals surface area contributed by atoms with Crippen LogP contribution in [0.15, 0.2) is 60.9 Å². The van der Waals surface area contributed by atoms with Crippen molar-refractivity contribution in [2.45, 2.75) is 13.0 Å². The summed E-state index contributed by atoms with van der Waals surface area (Å²) in [7, 11) is 3.06. The second kappa shape index (κ2) is 7.66. The summed E-state index contributed by atoms with van der Waals surface area (Å²) in [4.78, 5) is 16.0. The Hall–Kier alpha value is -3.08. The summed E-state index contributed by atoms with van der Waals surface area (Å²) in [5, 5.41) is 0. The van der Waals surface area contributed by atoms with E-state index in [1.165, 1.54) is 7.11 Å². The topological polar surface area (TPSA) is 53.4 Å². The Bertz CT molecular complexity index is 853. The number of nitrogens with zero attached hydrogens (tertiary/aromatic N) is 2. The number of hydrogen-bond acceptors (Lipinski definition) is 4. The number of benzene rings is 2. The molecule has 128 valence electrons. The number of methoxy groups -OCH3 is 2. The van der Waals surface area contributed by atoms with Gasteiger partial charge in [-0.15, -0.1) is 0 Å². The molecule has 0 N–H and O–H groups in total. The second-order valence-electron chi connectivity index (χ2n) is 5.65. The van der Waals surface area contributed by atoms with Gasteiger partial charge in [-0.1, -0.05) is 30.3 Å². The standard InChI is InChI=1S/C20H20N2O3/c1-24-18-6-4-3-5-17(18)13-19-21-11-12-22(19)14-15-7-9-16(10-8-15)20(23)25-2/h3-12H,13-14H2,1-2H3. The first-order valence-electron chi connectivity index (χ1n) is 8.00. The van der Waals surface area contributed by atoms with Gasteiger partial charge in [-0.3, -0.25) is 0 Å². The number of rotatable bonds is 6. The molecule has 0 saturated heterocycles. The van der Waals surface area contributed by atoms with Crippen LogP contribution in [0.25, 0.3) is 0 Å². The van der Waals surface area contributed by atoms with E-state index in [4.69, 9.17) is 9.47 Å². The maximum atomic E-state index is 11.5. The van der Waals surface area contributed by atoms with E-state index in [2.05, 4.69) is 9.55 Å². The predicted molar refractivity (Wildman–Crippen MR) is 94.9 cm³/mol. The summed E-state index contributed by atoms with van der Waals surface area (Å²) in [5.74, 6) is 1.49. The quantitative estimate of drug-likeness (QED) is 0.648. The number of aromatic nitrogens is 2. The van der Waals surface area contributed by atoms with Crippen molar-refractivity contribution in [1.82, 2.24) is 9.55 Å². The molecule has 0 aliphatic heterocycles. The summed E-state index contributed by atoms with van der Waals surface area (Å²) in [5.41, 5.74) is 2.73. The minimum atomic E-state index is -0.328. The number of carbonyl (C=O) groups excluding carboxylic acids is 1. The van der Waals surface area contributed by atoms with E-state index in [0.29, 0.717) is 18.5 Å². The van der Waals surface area contributed by atoms with Crippen LogP contribution >= 0.6 is 0 Å². The molecule has 0 radical (unpaired) electrons. The Balaban J connectivity index is 1.77. The normalized spacial score (nSPS) is 10.5. The summed E-state index contributed by atoms with van der Waals surface area (Å²) in [6, 6.07) is 15.4. The molecule has 0 aliphatic carbocycles. The van der Waals surface area contributed by atoms with Crippen molar-refractivity contribution in [2.24, 2.45) is 0 Å². The number of carbonyl (C=O) groups is 1. The van der Waals surface area contributed by atoms with Crippen LogP contribution < -0.4 is 4.74 Å². The lowest BCUT2D eigenvalue weighted by molar-refractivity contribution is 0.0600. The van der Waals surface area contributed by atoms with Crippen molar-refractivity contribution in [3.05, 3.63) is 83.4 Å². The molecule has 5 nitrogen and oxygen atoms in total. The fraction of sp³-hybridized carbons (Fsp3) is 0.200. The highest BCUT2D eigenvalue weighted by Crippen LogP contribution is 2.20. The molecule has 25 heavy (non-hydrogen) atoms. The van der Waals surface area contributed by atoms with Crippen molar-refractivity contribution in [2.75, 3.05) is 14.2 Å². The molecule has 3 rings (SSSR count). The largest absolute Gasteiger partial charge is 0.496 e. The summed E-state index contributed by atoms with van der Waals surface area (Å²) in [6.07, 6.45) is 4.45. The molecule has 1 heterocycles. The maximum absolute atomic E-state index is 11.5. The monoisotopic (exact) mass is 336 g/mol. The molecule has 0 saturated carbocycles. The Morgan fingerprint density at radius 3 is 2.56 bits per heavy atom. The third-order valence-corrected chi connectivity index (χ3v) is 4.07. The van der Waals surface area contributed by atoms with Gasteiger partial charge in [0.25, 0.3) is 0 Å². The lowest BCUT2D eigenvalue weighted by Crippen LogP contribution is -2.06. The van der Waals surface area contributed by atoms with E-state index in [-0.39, 0.29) is 5.97 Å². The van der Waals surface area contributed by atoms with Gasteiger partial charge in [0.15, 0.2) is 0 Å². The van der Waals surface area contributed by atoms with Gasteiger partial charge in [0.05, 0.1) is 19.8 Å². The van der Waals surface area contributed by atoms with Crippen molar-refractivity contribution in [1.29, 1.82) is 0 Å². The van der Waals surface area contributed by atoms with E-state index < -0.39 is 0 Å². The summed E-state index contributed by atoms with van der Waals surface area (Å²) in [6.45, 7) is 0.686. The van der Waals surface area contributed by atoms with Crippen LogP contribution in [0.2, 0.25) is 0 Å². The van der Waals surface area contributed by atoms with E-state index in [1.54, 1.807) is 25.4 Å². The average Bonchev–Trinajstić information content (AvgIpc) is 3.09. The summed E-state index contributed by atoms with van der Waals surface area (Å²) < 4.78 is 12.2. The molecule has 0 unspecified atom stereocenters. The lowest BCUT2D eigenvalue weighted by atomic mass is 10.1. The van der Waals surface area contributed by atoms with Crippen molar-refractivity contribution in [3.8, 4) is 5.75 Å². The fourth-order valence-electron chi connectivity index (χ4n) is 2.73. The molecule has 2 aromatic carbocycles. The third kappa shape index (κ3) is 3.88. The fourth-order valence-corrected chi connectivity index (χ4v) is 2.73. The van der Waals surface area contributed by atoms with Gasteiger partial charge in [-0.2, -0.15) is 0 Å². The van der Waals surface area contributed by atoms with Crippen LogP contribution in [0, 0.1) is 0 Å². The Labute approximate surface area is 146 Å². The van der Waals surface area contributed by atoms with E-state index in [0.717, 1.165) is 22.7 Å². The van der Waals surface area contributed by atoms with Crippen molar-refractivity contribution < 1.29 is 14.3 Å². The zero-order chi connectivity index (χ0) is 17.6. The zero-order valence-electron chi connectivity index (χ0n) is 14.3. The SMILES string of the molecule is COC(=O)c1ccc(Cn2ccnc2Cc2ccccc2OC)cc1. The van der Waals surface area contributed by atoms with Gasteiger partial charge < -0.3 is 14.0 Å². The molecule has 0 amide bonds. The van der Waals surface area contributed by atoms with E-state index in [1.807, 2.05) is 42.6 Å². The molecule has 1 aromatic heterocycles. The van der Waals surface area contributed by atoms with Gasteiger partial charge in [0, 0.05) is 30.9 Å². The van der Waals surface area contributed by atoms with Crippen LogP contribution in [0.1, 0.15) is 27.3 Å². The molecule has 0 aliphatic rings. The van der Waals surface area contributed by atoms with Gasteiger partial charge in [-0.25, -0.2) is 9.78 Å². The van der Waals surface area contributed by atoms with Gasteiger partial charge >= 0.3 is 5.97 Å². The summed E-state index contributed by atoms with van der Waals surface area (Å²) >= 11 is 0. The van der Waals surface area contributed by atoms with Crippen LogP contribution in [-0.2, 0) is 17.7 Å². The molecule has 0 bridgehead atoms. The Morgan fingerprint density at radius 1 is 1.08 bits per heavy atom. The lowest BCUT2D eigenvalue weighted by Gasteiger charge is -2.11. The number of para-hydroxylation sites is 1.